The molecule has 5 N–H and O–H groups in total. The zero-order chi connectivity index (χ0) is 17.6. The van der Waals surface area contributed by atoms with Crippen LogP contribution in [-0.2, 0) is 16.2 Å². The van der Waals surface area contributed by atoms with Crippen LogP contribution in [0.15, 0.2) is 24.3 Å². The van der Waals surface area contributed by atoms with Gasteiger partial charge in [-0.25, -0.2) is 0 Å². The normalized spacial score (nSPS) is 14.9. The molecule has 0 saturated carbocycles. The Morgan fingerprint density at radius 1 is 1.30 bits per heavy atom. The molecule has 0 aliphatic rings. The molecular formula is C15H21I2N3O3. The average molecular weight is 545 g/mol. The number of carbonyl (C=O) groups excluding carboxylic acids is 2. The maximum absolute atomic E-state index is 12.3. The quantitative estimate of drug-likeness (QED) is 0.173. The van der Waals surface area contributed by atoms with Crippen molar-refractivity contribution in [2.45, 2.75) is 32.2 Å². The molecule has 1 rings (SSSR count). The van der Waals surface area contributed by atoms with Gasteiger partial charge in [0.05, 0.1) is 12.6 Å². The molecule has 0 spiro atoms. The summed E-state index contributed by atoms with van der Waals surface area (Å²) in [4.78, 5) is 24.5. The van der Waals surface area contributed by atoms with Gasteiger partial charge in [-0.2, -0.15) is 0 Å². The average Bonchev–Trinajstić information content (AvgIpc) is 2.53. The smallest absolute Gasteiger partial charge is 0.239 e. The largest absolute Gasteiger partial charge is 0.392 e. The maximum atomic E-state index is 12.3. The molecule has 23 heavy (non-hydrogen) atoms. The summed E-state index contributed by atoms with van der Waals surface area (Å²) in [6.07, 6.45) is 0. The molecule has 0 heterocycles. The van der Waals surface area contributed by atoms with E-state index in [1.54, 1.807) is 46.9 Å². The number of nitrogens with two attached hydrogens (primary N) is 1. The molecule has 128 valence electrons. The molecule has 6 nitrogen and oxygen atoms in total. The molecule has 0 fully saturated rings. The van der Waals surface area contributed by atoms with E-state index in [2.05, 4.69) is 10.6 Å². The van der Waals surface area contributed by atoms with Crippen LogP contribution in [0, 0.1) is 5.92 Å². The van der Waals surface area contributed by atoms with E-state index < -0.39 is 11.7 Å². The maximum Gasteiger partial charge on any atom is 0.239 e. The summed E-state index contributed by atoms with van der Waals surface area (Å²) in [7, 11) is 0. The number of nitrogens with one attached hydrogen (secondary N) is 2. The fourth-order valence-electron chi connectivity index (χ4n) is 1.79. The van der Waals surface area contributed by atoms with E-state index in [1.807, 2.05) is 36.4 Å². The fourth-order valence-corrected chi connectivity index (χ4v) is 3.70. The lowest BCUT2D eigenvalue weighted by Crippen LogP contribution is -2.63. The van der Waals surface area contributed by atoms with Crippen molar-refractivity contribution < 1.29 is 14.7 Å². The van der Waals surface area contributed by atoms with E-state index in [-0.39, 0.29) is 22.2 Å². The summed E-state index contributed by atoms with van der Waals surface area (Å²) in [5.41, 5.74) is 6.07. The molecule has 0 radical (unpaired) electrons. The number of halogens is 2. The lowest BCUT2D eigenvalue weighted by Gasteiger charge is -2.33. The van der Waals surface area contributed by atoms with Crippen molar-refractivity contribution >= 4 is 60.6 Å². The third-order valence-electron chi connectivity index (χ3n) is 3.39. The molecule has 2 atom stereocenters. The van der Waals surface area contributed by atoms with Crippen molar-refractivity contribution in [2.24, 2.45) is 11.7 Å². The highest BCUT2D eigenvalue weighted by Gasteiger charge is 2.38. The Morgan fingerprint density at radius 2 is 1.87 bits per heavy atom. The molecule has 2 unspecified atom stereocenters. The SMILES string of the molecule is CC(C)C(N)C(=O)NC(CI)(Nc1ccc(CO)cc1)C(=O)I. The topological polar surface area (TPSA) is 104 Å². The Bertz CT molecular complexity index is 551. The number of anilines is 1. The molecule has 0 aromatic heterocycles. The first kappa shape index (κ1) is 20.6. The van der Waals surface area contributed by atoms with Crippen LogP contribution < -0.4 is 16.4 Å². The summed E-state index contributed by atoms with van der Waals surface area (Å²) >= 11 is 3.72. The monoisotopic (exact) mass is 545 g/mol. The van der Waals surface area contributed by atoms with Crippen molar-refractivity contribution in [2.75, 3.05) is 9.74 Å². The first-order valence-electron chi connectivity index (χ1n) is 7.07. The molecule has 1 amide bonds. The summed E-state index contributed by atoms with van der Waals surface area (Å²) in [5, 5.41) is 14.9. The van der Waals surface area contributed by atoms with E-state index in [0.29, 0.717) is 10.1 Å². The number of rotatable bonds is 8. The van der Waals surface area contributed by atoms with Crippen molar-refractivity contribution in [3.05, 3.63) is 29.8 Å². The second-order valence-corrected chi connectivity index (χ2v) is 7.29. The lowest BCUT2D eigenvalue weighted by molar-refractivity contribution is -0.127. The van der Waals surface area contributed by atoms with Crippen LogP contribution in [0.3, 0.4) is 0 Å². The van der Waals surface area contributed by atoms with Gasteiger partial charge < -0.3 is 21.5 Å². The minimum absolute atomic E-state index is 0.0323. The molecule has 0 aliphatic heterocycles. The fraction of sp³-hybridized carbons (Fsp3) is 0.467. The van der Waals surface area contributed by atoms with E-state index in [9.17, 15) is 9.59 Å². The summed E-state index contributed by atoms with van der Waals surface area (Å²) in [6.45, 7) is 3.65. The van der Waals surface area contributed by atoms with E-state index in [4.69, 9.17) is 10.8 Å². The van der Waals surface area contributed by atoms with Gasteiger partial charge in [-0.3, -0.25) is 9.59 Å². The first-order chi connectivity index (χ1) is 10.8. The van der Waals surface area contributed by atoms with Gasteiger partial charge in [-0.05, 0) is 23.6 Å². The molecule has 0 saturated heterocycles. The Morgan fingerprint density at radius 3 is 2.26 bits per heavy atom. The number of alkyl halides is 1. The minimum Gasteiger partial charge on any atom is -0.392 e. The number of carbonyl (C=O) groups is 2. The Hall–Kier alpha value is -0.460. The number of aliphatic hydroxyl groups is 1. The Labute approximate surface area is 163 Å². The van der Waals surface area contributed by atoms with Crippen LogP contribution in [0.2, 0.25) is 0 Å². The van der Waals surface area contributed by atoms with Gasteiger partial charge in [0.15, 0.2) is 5.66 Å². The van der Waals surface area contributed by atoms with Crippen molar-refractivity contribution in [1.82, 2.24) is 5.32 Å². The molecule has 0 aliphatic carbocycles. The lowest BCUT2D eigenvalue weighted by atomic mass is 10.0. The van der Waals surface area contributed by atoms with Gasteiger partial charge in [0.25, 0.3) is 0 Å². The highest BCUT2D eigenvalue weighted by atomic mass is 127. The number of amides is 1. The van der Waals surface area contributed by atoms with Crippen LogP contribution in [0.5, 0.6) is 0 Å². The van der Waals surface area contributed by atoms with Gasteiger partial charge in [0, 0.05) is 32.7 Å². The standard InChI is InChI=1S/C15H21I2N3O3/c1-9(2)12(18)13(22)20-15(8-16,14(17)23)19-11-5-3-10(7-21)4-6-11/h3-6,9,12,19,21H,7-8,18H2,1-2H3,(H,20,22). The zero-order valence-electron chi connectivity index (χ0n) is 13.0. The van der Waals surface area contributed by atoms with Crippen LogP contribution in [0.4, 0.5) is 5.69 Å². The summed E-state index contributed by atoms with van der Waals surface area (Å²) in [6, 6.07) is 6.31. The minimum atomic E-state index is -1.23. The van der Waals surface area contributed by atoms with Crippen molar-refractivity contribution in [3.8, 4) is 0 Å². The third kappa shape index (κ3) is 5.54. The number of benzene rings is 1. The zero-order valence-corrected chi connectivity index (χ0v) is 17.3. The molecule has 1 aromatic carbocycles. The van der Waals surface area contributed by atoms with Crippen LogP contribution in [-0.4, -0.2) is 30.9 Å². The van der Waals surface area contributed by atoms with Crippen molar-refractivity contribution in [3.63, 3.8) is 0 Å². The number of hydrogen-bond donors (Lipinski definition) is 4. The Kier molecular flexibility index (Phi) is 8.18. The van der Waals surface area contributed by atoms with Gasteiger partial charge >= 0.3 is 0 Å². The van der Waals surface area contributed by atoms with E-state index in [1.165, 1.54) is 0 Å². The number of aliphatic hydroxyl groups excluding tert-OH is 1. The molecular weight excluding hydrogens is 524 g/mol. The number of hydrogen-bond acceptors (Lipinski definition) is 5. The van der Waals surface area contributed by atoms with Gasteiger partial charge in [-0.1, -0.05) is 48.6 Å². The highest BCUT2D eigenvalue weighted by molar-refractivity contribution is 14.1. The van der Waals surface area contributed by atoms with Gasteiger partial charge in [0.2, 0.25) is 9.70 Å². The molecule has 1 aromatic rings. The van der Waals surface area contributed by atoms with Gasteiger partial charge in [-0.15, -0.1) is 0 Å². The highest BCUT2D eigenvalue weighted by Crippen LogP contribution is 2.21. The van der Waals surface area contributed by atoms with Crippen LogP contribution in [0.1, 0.15) is 19.4 Å². The summed E-state index contributed by atoms with van der Waals surface area (Å²) < 4.78 is 0.102. The second kappa shape index (κ2) is 9.14. The van der Waals surface area contributed by atoms with E-state index >= 15 is 0 Å². The first-order valence-corrected chi connectivity index (χ1v) is 9.67. The molecule has 8 heteroatoms. The van der Waals surface area contributed by atoms with Crippen LogP contribution in [0.25, 0.3) is 0 Å². The van der Waals surface area contributed by atoms with Gasteiger partial charge in [0.1, 0.15) is 0 Å². The third-order valence-corrected chi connectivity index (χ3v) is 5.45. The Balaban J connectivity index is 3.01. The predicted octanol–water partition coefficient (Wildman–Crippen LogP) is 1.78. The predicted molar refractivity (Wildman–Crippen MR) is 108 cm³/mol. The van der Waals surface area contributed by atoms with E-state index in [0.717, 1.165) is 5.56 Å². The second-order valence-electron chi connectivity index (χ2n) is 5.55. The summed E-state index contributed by atoms with van der Waals surface area (Å²) in [5.74, 6) is -0.406. The van der Waals surface area contributed by atoms with Crippen LogP contribution >= 0.6 is 45.2 Å². The molecule has 0 bridgehead atoms. The van der Waals surface area contributed by atoms with Crippen molar-refractivity contribution in [1.29, 1.82) is 0 Å².